The molecule has 0 fully saturated rings. The van der Waals surface area contributed by atoms with E-state index in [2.05, 4.69) is 13.8 Å². The van der Waals surface area contributed by atoms with Crippen LogP contribution in [0.25, 0.3) is 0 Å². The van der Waals surface area contributed by atoms with Gasteiger partial charge in [0.1, 0.15) is 0 Å². The van der Waals surface area contributed by atoms with Gasteiger partial charge in [0.25, 0.3) is 0 Å². The highest BCUT2D eigenvalue weighted by Crippen LogP contribution is 1.86. The SMILES string of the molecule is [CH2]C[SiH2]OCCCC. The summed E-state index contributed by atoms with van der Waals surface area (Å²) in [5.74, 6) is 0. The molecule has 49 valence electrons. The summed E-state index contributed by atoms with van der Waals surface area (Å²) >= 11 is 0. The molecule has 0 amide bonds. The lowest BCUT2D eigenvalue weighted by atomic mass is 10.4. The van der Waals surface area contributed by atoms with E-state index in [0.29, 0.717) is 0 Å². The largest absolute Gasteiger partial charge is 0.424 e. The highest BCUT2D eigenvalue weighted by molar-refractivity contribution is 6.27. The average molecular weight is 131 g/mol. The first-order valence-corrected chi connectivity index (χ1v) is 4.86. The predicted octanol–water partition coefficient (Wildman–Crippen LogP) is 1.14. The molecule has 0 aliphatic rings. The average Bonchev–Trinajstić information content (AvgIpc) is 1.81. The van der Waals surface area contributed by atoms with Gasteiger partial charge in [-0.25, -0.2) is 0 Å². The van der Waals surface area contributed by atoms with Gasteiger partial charge >= 0.3 is 0 Å². The first-order valence-electron chi connectivity index (χ1n) is 3.28. The van der Waals surface area contributed by atoms with Gasteiger partial charge in [-0.1, -0.05) is 20.3 Å². The van der Waals surface area contributed by atoms with Crippen LogP contribution < -0.4 is 0 Å². The third-order valence-electron chi connectivity index (χ3n) is 0.931. The van der Waals surface area contributed by atoms with Crippen LogP contribution in [0.3, 0.4) is 0 Å². The van der Waals surface area contributed by atoms with Gasteiger partial charge in [0.05, 0.1) is 0 Å². The molecule has 0 aromatic carbocycles. The predicted molar refractivity (Wildman–Crippen MR) is 39.6 cm³/mol. The molecule has 0 saturated carbocycles. The van der Waals surface area contributed by atoms with Crippen molar-refractivity contribution < 1.29 is 4.43 Å². The smallest absolute Gasteiger partial charge is 0.161 e. The van der Waals surface area contributed by atoms with Crippen molar-refractivity contribution in [2.75, 3.05) is 6.61 Å². The number of hydrogen-bond donors (Lipinski definition) is 0. The molecule has 1 nitrogen and oxygen atoms in total. The first-order chi connectivity index (χ1) is 3.91. The maximum atomic E-state index is 5.30. The summed E-state index contributed by atoms with van der Waals surface area (Å²) in [5, 5.41) is 0. The molecule has 0 rings (SSSR count). The van der Waals surface area contributed by atoms with E-state index in [1.807, 2.05) is 0 Å². The maximum absolute atomic E-state index is 5.30. The van der Waals surface area contributed by atoms with Crippen molar-refractivity contribution in [2.45, 2.75) is 25.8 Å². The zero-order chi connectivity index (χ0) is 6.24. The first kappa shape index (κ1) is 8.18. The monoisotopic (exact) mass is 131 g/mol. The molecule has 0 unspecified atom stereocenters. The molecule has 0 aromatic heterocycles. The van der Waals surface area contributed by atoms with E-state index >= 15 is 0 Å². The molecule has 0 aliphatic carbocycles. The summed E-state index contributed by atoms with van der Waals surface area (Å²) in [5.41, 5.74) is 0. The number of rotatable bonds is 5. The van der Waals surface area contributed by atoms with Crippen LogP contribution >= 0.6 is 0 Å². The van der Waals surface area contributed by atoms with Crippen molar-refractivity contribution in [1.82, 2.24) is 0 Å². The molecular weight excluding hydrogens is 116 g/mol. The van der Waals surface area contributed by atoms with Crippen molar-refractivity contribution in [3.05, 3.63) is 6.92 Å². The molecule has 0 N–H and O–H groups in total. The van der Waals surface area contributed by atoms with Crippen LogP contribution in [0.15, 0.2) is 0 Å². The van der Waals surface area contributed by atoms with Crippen molar-refractivity contribution >= 4 is 9.76 Å². The Morgan fingerprint density at radius 1 is 1.62 bits per heavy atom. The van der Waals surface area contributed by atoms with E-state index in [0.717, 1.165) is 12.7 Å². The molecule has 8 heavy (non-hydrogen) atoms. The van der Waals surface area contributed by atoms with Crippen LogP contribution in [0.1, 0.15) is 19.8 Å². The van der Waals surface area contributed by atoms with E-state index in [9.17, 15) is 0 Å². The van der Waals surface area contributed by atoms with Gasteiger partial charge in [-0.2, -0.15) is 0 Å². The molecule has 0 spiro atoms. The Balaban J connectivity index is 2.53. The molecule has 2 heteroatoms. The van der Waals surface area contributed by atoms with E-state index < -0.39 is 0 Å². The molecule has 0 aromatic rings. The van der Waals surface area contributed by atoms with E-state index in [-0.39, 0.29) is 9.76 Å². The van der Waals surface area contributed by atoms with Gasteiger partial charge in [0.2, 0.25) is 0 Å². The Morgan fingerprint density at radius 2 is 2.38 bits per heavy atom. The van der Waals surface area contributed by atoms with Gasteiger partial charge in [0.15, 0.2) is 9.76 Å². The Labute approximate surface area is 54.4 Å². The van der Waals surface area contributed by atoms with Crippen LogP contribution in [0, 0.1) is 6.92 Å². The fourth-order valence-electron chi connectivity index (χ4n) is 0.451. The molecule has 0 saturated heterocycles. The van der Waals surface area contributed by atoms with Crippen LogP contribution in [0.2, 0.25) is 6.04 Å². The number of unbranched alkanes of at least 4 members (excludes halogenated alkanes) is 1. The lowest BCUT2D eigenvalue weighted by molar-refractivity contribution is 0.327. The molecule has 0 aliphatic heterocycles. The maximum Gasteiger partial charge on any atom is 0.161 e. The van der Waals surface area contributed by atoms with Crippen molar-refractivity contribution in [3.8, 4) is 0 Å². The van der Waals surface area contributed by atoms with Crippen LogP contribution in [-0.2, 0) is 4.43 Å². The summed E-state index contributed by atoms with van der Waals surface area (Å²) in [6, 6.07) is 1.03. The van der Waals surface area contributed by atoms with Gasteiger partial charge < -0.3 is 4.43 Å². The zero-order valence-electron chi connectivity index (χ0n) is 5.65. The molecule has 0 atom stereocenters. The van der Waals surface area contributed by atoms with Crippen LogP contribution in [0.5, 0.6) is 0 Å². The summed E-state index contributed by atoms with van der Waals surface area (Å²) in [6.07, 6.45) is 2.46. The third-order valence-corrected chi connectivity index (χ3v) is 1.80. The molecule has 0 bridgehead atoms. The standard InChI is InChI=1S/C6H15OSi/c1-3-5-6-7-8-4-2/h2-6,8H2,1H3. The summed E-state index contributed by atoms with van der Waals surface area (Å²) in [7, 11) is -0.210. The lowest BCUT2D eigenvalue weighted by Gasteiger charge is -1.97. The second-order valence-electron chi connectivity index (χ2n) is 1.82. The fourth-order valence-corrected chi connectivity index (χ4v) is 1.06. The van der Waals surface area contributed by atoms with E-state index in [4.69, 9.17) is 4.43 Å². The minimum absolute atomic E-state index is 0.210. The highest BCUT2D eigenvalue weighted by atomic mass is 28.2. The van der Waals surface area contributed by atoms with Crippen molar-refractivity contribution in [1.29, 1.82) is 0 Å². The fraction of sp³-hybridized carbons (Fsp3) is 0.833. The Kier molecular flexibility index (Phi) is 7.34. The Hall–Kier alpha value is 0.177. The summed E-state index contributed by atoms with van der Waals surface area (Å²) < 4.78 is 5.30. The van der Waals surface area contributed by atoms with Crippen LogP contribution in [0.4, 0.5) is 0 Å². The van der Waals surface area contributed by atoms with Gasteiger partial charge in [0, 0.05) is 6.61 Å². The third kappa shape index (κ3) is 6.18. The quantitative estimate of drug-likeness (QED) is 0.401. The highest BCUT2D eigenvalue weighted by Gasteiger charge is 1.82. The van der Waals surface area contributed by atoms with Gasteiger partial charge in [-0.05, 0) is 12.5 Å². The minimum atomic E-state index is -0.210. The normalized spacial score (nSPS) is 11.2. The Morgan fingerprint density at radius 3 is 2.88 bits per heavy atom. The topological polar surface area (TPSA) is 9.23 Å². The van der Waals surface area contributed by atoms with E-state index in [1.165, 1.54) is 12.8 Å². The molecule has 0 heterocycles. The van der Waals surface area contributed by atoms with Crippen molar-refractivity contribution in [2.24, 2.45) is 0 Å². The number of hydrogen-bond acceptors (Lipinski definition) is 1. The Bertz CT molecular complexity index is 33.5. The molecule has 1 radical (unpaired) electrons. The lowest BCUT2D eigenvalue weighted by Crippen LogP contribution is -1.97. The van der Waals surface area contributed by atoms with Gasteiger partial charge in [-0.15, -0.1) is 0 Å². The minimum Gasteiger partial charge on any atom is -0.424 e. The van der Waals surface area contributed by atoms with E-state index in [1.54, 1.807) is 0 Å². The van der Waals surface area contributed by atoms with Gasteiger partial charge in [-0.3, -0.25) is 0 Å². The summed E-state index contributed by atoms with van der Waals surface area (Å²) in [6.45, 7) is 6.87. The zero-order valence-corrected chi connectivity index (χ0v) is 7.07. The second kappa shape index (κ2) is 7.18. The summed E-state index contributed by atoms with van der Waals surface area (Å²) in [4.78, 5) is 0. The van der Waals surface area contributed by atoms with Crippen LogP contribution in [-0.4, -0.2) is 16.4 Å². The second-order valence-corrected chi connectivity index (χ2v) is 3.34. The molecular formula is C6H15OSi. The van der Waals surface area contributed by atoms with Crippen molar-refractivity contribution in [3.63, 3.8) is 0 Å².